The van der Waals surface area contributed by atoms with E-state index >= 15 is 0 Å². The Morgan fingerprint density at radius 2 is 2.22 bits per heavy atom. The van der Waals surface area contributed by atoms with Crippen molar-refractivity contribution in [1.82, 2.24) is 5.32 Å². The van der Waals surface area contributed by atoms with Crippen LogP contribution in [-0.2, 0) is 0 Å². The van der Waals surface area contributed by atoms with E-state index in [9.17, 15) is 0 Å². The molecule has 0 aromatic rings. The van der Waals surface area contributed by atoms with Crippen LogP contribution in [0.3, 0.4) is 0 Å². The van der Waals surface area contributed by atoms with Gasteiger partial charge in [-0.2, -0.15) is 0 Å². The summed E-state index contributed by atoms with van der Waals surface area (Å²) in [5.74, 6) is 0. The fraction of sp³-hybridized carbons (Fsp3) is 1.00. The molecule has 2 atom stereocenters. The molecule has 0 aliphatic carbocycles. The summed E-state index contributed by atoms with van der Waals surface area (Å²) in [6, 6.07) is 1.54. The van der Waals surface area contributed by atoms with Crippen LogP contribution in [0.15, 0.2) is 0 Å². The highest BCUT2D eigenvalue weighted by Gasteiger charge is 2.34. The molecule has 0 saturated carbocycles. The Kier molecular flexibility index (Phi) is 1.96. The molecular formula is C7H17NSi. The maximum Gasteiger partial charge on any atom is 0.0571 e. The van der Waals surface area contributed by atoms with E-state index in [1.807, 2.05) is 0 Å². The molecular weight excluding hydrogens is 126 g/mol. The Hall–Kier alpha value is 0.177. The first-order chi connectivity index (χ1) is 4.19. The fourth-order valence-electron chi connectivity index (χ4n) is 1.71. The zero-order valence-electron chi connectivity index (χ0n) is 6.70. The number of rotatable bonds is 1. The normalized spacial score (nSPS) is 43.7. The Balaban J connectivity index is 2.56. The van der Waals surface area contributed by atoms with Crippen LogP contribution >= 0.6 is 0 Å². The molecule has 1 aliphatic heterocycles. The van der Waals surface area contributed by atoms with Crippen molar-refractivity contribution in [2.45, 2.75) is 37.5 Å². The molecule has 1 saturated heterocycles. The lowest BCUT2D eigenvalue weighted by Gasteiger charge is -2.27. The van der Waals surface area contributed by atoms with E-state index < -0.39 is 8.80 Å². The van der Waals surface area contributed by atoms with E-state index in [2.05, 4.69) is 25.8 Å². The van der Waals surface area contributed by atoms with Crippen molar-refractivity contribution in [1.29, 1.82) is 0 Å². The molecule has 1 heterocycles. The van der Waals surface area contributed by atoms with E-state index in [4.69, 9.17) is 0 Å². The summed E-state index contributed by atoms with van der Waals surface area (Å²) < 4.78 is 0. The first kappa shape index (κ1) is 7.29. The summed E-state index contributed by atoms with van der Waals surface area (Å²) in [7, 11) is 1.72. The molecule has 9 heavy (non-hydrogen) atoms. The Morgan fingerprint density at radius 3 is 2.44 bits per heavy atom. The van der Waals surface area contributed by atoms with Gasteiger partial charge in [0, 0.05) is 5.16 Å². The SMILES string of the molecule is CNC1(C)CCC[SiH]1C. The molecule has 1 N–H and O–H groups in total. The van der Waals surface area contributed by atoms with Crippen LogP contribution < -0.4 is 5.32 Å². The molecule has 1 rings (SSSR count). The second-order valence-corrected chi connectivity index (χ2v) is 7.11. The summed E-state index contributed by atoms with van der Waals surface area (Å²) >= 11 is 0. The first-order valence-electron chi connectivity index (χ1n) is 3.88. The van der Waals surface area contributed by atoms with Crippen LogP contribution in [-0.4, -0.2) is 21.0 Å². The van der Waals surface area contributed by atoms with Crippen LogP contribution in [0.4, 0.5) is 0 Å². The monoisotopic (exact) mass is 143 g/mol. The molecule has 0 amide bonds. The van der Waals surface area contributed by atoms with E-state index in [-0.39, 0.29) is 0 Å². The second kappa shape index (κ2) is 2.43. The van der Waals surface area contributed by atoms with Gasteiger partial charge in [-0.3, -0.25) is 0 Å². The minimum absolute atomic E-state index is 0.390. The van der Waals surface area contributed by atoms with Gasteiger partial charge >= 0.3 is 0 Å². The van der Waals surface area contributed by atoms with Crippen molar-refractivity contribution in [3.63, 3.8) is 0 Å². The Bertz CT molecular complexity index is 105. The third-order valence-electron chi connectivity index (χ3n) is 2.99. The largest absolute Gasteiger partial charge is 0.317 e. The van der Waals surface area contributed by atoms with Crippen molar-refractivity contribution in [2.75, 3.05) is 7.05 Å². The van der Waals surface area contributed by atoms with Crippen LogP contribution in [0.5, 0.6) is 0 Å². The lowest BCUT2D eigenvalue weighted by Crippen LogP contribution is -2.47. The Labute approximate surface area is 59.5 Å². The molecule has 0 aromatic heterocycles. The van der Waals surface area contributed by atoms with Crippen molar-refractivity contribution >= 4 is 8.80 Å². The summed E-state index contributed by atoms with van der Waals surface area (Å²) in [6.45, 7) is 4.86. The van der Waals surface area contributed by atoms with Gasteiger partial charge in [0.25, 0.3) is 0 Å². The van der Waals surface area contributed by atoms with Gasteiger partial charge in [-0.1, -0.05) is 19.0 Å². The van der Waals surface area contributed by atoms with Gasteiger partial charge in [-0.25, -0.2) is 0 Å². The second-order valence-electron chi connectivity index (χ2n) is 3.46. The van der Waals surface area contributed by atoms with Gasteiger partial charge in [0.2, 0.25) is 0 Å². The molecule has 0 aromatic carbocycles. The van der Waals surface area contributed by atoms with Crippen LogP contribution in [0, 0.1) is 0 Å². The molecule has 1 aliphatic rings. The van der Waals surface area contributed by atoms with Gasteiger partial charge in [0.1, 0.15) is 0 Å². The molecule has 0 bridgehead atoms. The summed E-state index contributed by atoms with van der Waals surface area (Å²) in [6.07, 6.45) is 2.88. The van der Waals surface area contributed by atoms with Crippen molar-refractivity contribution in [2.24, 2.45) is 0 Å². The van der Waals surface area contributed by atoms with E-state index in [0.717, 1.165) is 0 Å². The van der Waals surface area contributed by atoms with Gasteiger partial charge in [-0.15, -0.1) is 0 Å². The highest BCUT2D eigenvalue weighted by Crippen LogP contribution is 2.28. The zero-order chi connectivity index (χ0) is 6.91. The van der Waals surface area contributed by atoms with Gasteiger partial charge < -0.3 is 5.32 Å². The average Bonchev–Trinajstić information content (AvgIpc) is 2.15. The maximum atomic E-state index is 3.45. The van der Waals surface area contributed by atoms with E-state index in [0.29, 0.717) is 5.16 Å². The van der Waals surface area contributed by atoms with Crippen LogP contribution in [0.1, 0.15) is 19.8 Å². The van der Waals surface area contributed by atoms with Crippen LogP contribution in [0.2, 0.25) is 12.6 Å². The smallest absolute Gasteiger partial charge is 0.0571 e. The molecule has 1 fully saturated rings. The van der Waals surface area contributed by atoms with Crippen molar-refractivity contribution < 1.29 is 0 Å². The molecule has 2 heteroatoms. The van der Waals surface area contributed by atoms with Gasteiger partial charge in [0.15, 0.2) is 0 Å². The molecule has 0 radical (unpaired) electrons. The fourth-order valence-corrected chi connectivity index (χ4v) is 4.36. The third-order valence-corrected chi connectivity index (χ3v) is 7.02. The Morgan fingerprint density at radius 1 is 1.56 bits per heavy atom. The lowest BCUT2D eigenvalue weighted by molar-refractivity contribution is 0.513. The molecule has 1 nitrogen and oxygen atoms in total. The highest BCUT2D eigenvalue weighted by atomic mass is 28.3. The van der Waals surface area contributed by atoms with E-state index in [1.54, 1.807) is 0 Å². The first-order valence-corrected chi connectivity index (χ1v) is 6.43. The summed E-state index contributed by atoms with van der Waals surface area (Å²) in [4.78, 5) is 0. The standard InChI is InChI=1S/C7H17NSi/c1-7(8-2)5-4-6-9(7)3/h8-9H,4-6H2,1-3H3. The minimum Gasteiger partial charge on any atom is -0.317 e. The number of nitrogens with one attached hydrogen (secondary N) is 1. The van der Waals surface area contributed by atoms with E-state index in [1.165, 1.54) is 18.9 Å². The van der Waals surface area contributed by atoms with Gasteiger partial charge in [-0.05, 0) is 20.4 Å². The number of hydrogen-bond acceptors (Lipinski definition) is 1. The quantitative estimate of drug-likeness (QED) is 0.543. The highest BCUT2D eigenvalue weighted by molar-refractivity contribution is 6.61. The zero-order valence-corrected chi connectivity index (χ0v) is 7.85. The van der Waals surface area contributed by atoms with Crippen molar-refractivity contribution in [3.05, 3.63) is 0 Å². The third kappa shape index (κ3) is 1.19. The summed E-state index contributed by atoms with van der Waals surface area (Å²) in [5.41, 5.74) is 0. The molecule has 2 unspecified atom stereocenters. The van der Waals surface area contributed by atoms with Gasteiger partial charge in [0.05, 0.1) is 8.80 Å². The topological polar surface area (TPSA) is 12.0 Å². The van der Waals surface area contributed by atoms with Crippen molar-refractivity contribution in [3.8, 4) is 0 Å². The van der Waals surface area contributed by atoms with Crippen LogP contribution in [0.25, 0.3) is 0 Å². The lowest BCUT2D eigenvalue weighted by atomic mass is 10.2. The molecule has 54 valence electrons. The number of hydrogen-bond donors (Lipinski definition) is 1. The average molecular weight is 143 g/mol. The predicted octanol–water partition coefficient (Wildman–Crippen LogP) is 1.15. The maximum absolute atomic E-state index is 3.45. The summed E-state index contributed by atoms with van der Waals surface area (Å²) in [5, 5.41) is 4.04. The predicted molar refractivity (Wildman–Crippen MR) is 44.5 cm³/mol. The molecule has 0 spiro atoms. The minimum atomic E-state index is -0.390.